The first-order valence-electron chi connectivity index (χ1n) is 6.79. The van der Waals surface area contributed by atoms with Crippen LogP contribution in [0, 0.1) is 0 Å². The molecule has 9 heteroatoms. The molecule has 0 heterocycles. The van der Waals surface area contributed by atoms with E-state index in [0.717, 1.165) is 12.1 Å². The second-order valence-electron chi connectivity index (χ2n) is 5.43. The van der Waals surface area contributed by atoms with Gasteiger partial charge in [0.15, 0.2) is 5.96 Å². The number of benzene rings is 1. The Morgan fingerprint density at radius 3 is 2.26 bits per heavy atom. The monoisotopic (exact) mass is 472 g/mol. The number of hydrogen-bond donors (Lipinski definition) is 3. The van der Waals surface area contributed by atoms with Gasteiger partial charge in [-0.1, -0.05) is 12.1 Å². The molecular formula is C14H25IN4O2S2. The van der Waals surface area contributed by atoms with Crippen molar-refractivity contribution in [2.24, 2.45) is 10.1 Å². The Kier molecular flexibility index (Phi) is 9.48. The van der Waals surface area contributed by atoms with Crippen molar-refractivity contribution in [3.8, 4) is 0 Å². The molecule has 0 amide bonds. The van der Waals surface area contributed by atoms with Gasteiger partial charge in [0.1, 0.15) is 0 Å². The highest BCUT2D eigenvalue weighted by Gasteiger charge is 2.16. The van der Waals surface area contributed by atoms with Crippen LogP contribution in [0.5, 0.6) is 0 Å². The minimum absolute atomic E-state index is 0. The normalized spacial score (nSPS) is 12.5. The Morgan fingerprint density at radius 1 is 1.26 bits per heavy atom. The standard InChI is InChI=1S/C14H24N4O2S2.HI/c1-14(2,21-4)10-18-13(16-3)17-9-11-5-7-12(8-6-11)22(15,19)20;/h5-8H,9-10H2,1-4H3,(H2,15,19,20)(H2,16,17,18);1H. The van der Waals surface area contributed by atoms with Gasteiger partial charge in [0.05, 0.1) is 4.90 Å². The number of primary sulfonamides is 1. The van der Waals surface area contributed by atoms with Crippen molar-refractivity contribution in [3.05, 3.63) is 29.8 Å². The van der Waals surface area contributed by atoms with Gasteiger partial charge >= 0.3 is 0 Å². The molecule has 0 aliphatic carbocycles. The van der Waals surface area contributed by atoms with Crippen molar-refractivity contribution in [2.45, 2.75) is 30.0 Å². The number of guanidine groups is 1. The Bertz CT molecular complexity index is 616. The molecule has 0 aromatic heterocycles. The number of hydrogen-bond acceptors (Lipinski definition) is 4. The zero-order chi connectivity index (χ0) is 16.8. The number of nitrogens with one attached hydrogen (secondary N) is 2. The topological polar surface area (TPSA) is 96.6 Å². The van der Waals surface area contributed by atoms with Crippen LogP contribution in [-0.4, -0.2) is 39.0 Å². The summed E-state index contributed by atoms with van der Waals surface area (Å²) in [5, 5.41) is 11.5. The smallest absolute Gasteiger partial charge is 0.238 e. The number of sulfonamides is 1. The van der Waals surface area contributed by atoms with Crippen LogP contribution in [0.25, 0.3) is 0 Å². The highest BCUT2D eigenvalue weighted by Crippen LogP contribution is 2.19. The lowest BCUT2D eigenvalue weighted by Crippen LogP contribution is -2.42. The number of halogens is 1. The lowest BCUT2D eigenvalue weighted by molar-refractivity contribution is 0.597. The lowest BCUT2D eigenvalue weighted by Gasteiger charge is -2.23. The van der Waals surface area contributed by atoms with E-state index < -0.39 is 10.0 Å². The molecule has 0 bridgehead atoms. The molecule has 1 rings (SSSR count). The Morgan fingerprint density at radius 2 is 1.83 bits per heavy atom. The van der Waals surface area contributed by atoms with Crippen molar-refractivity contribution in [2.75, 3.05) is 19.8 Å². The quantitative estimate of drug-likeness (QED) is 0.333. The molecule has 23 heavy (non-hydrogen) atoms. The third-order valence-corrected chi connectivity index (χ3v) is 5.35. The zero-order valence-corrected chi connectivity index (χ0v) is 17.8. The minimum atomic E-state index is -3.64. The maximum atomic E-state index is 11.2. The van der Waals surface area contributed by atoms with Crippen molar-refractivity contribution >= 4 is 51.7 Å². The van der Waals surface area contributed by atoms with Crippen molar-refractivity contribution < 1.29 is 8.42 Å². The summed E-state index contributed by atoms with van der Waals surface area (Å²) in [6.45, 7) is 5.65. The molecule has 0 saturated heterocycles. The van der Waals surface area contributed by atoms with E-state index in [9.17, 15) is 8.42 Å². The summed E-state index contributed by atoms with van der Waals surface area (Å²) in [7, 11) is -1.93. The molecule has 1 aromatic carbocycles. The zero-order valence-electron chi connectivity index (χ0n) is 13.8. The maximum Gasteiger partial charge on any atom is 0.238 e. The number of nitrogens with zero attached hydrogens (tertiary/aromatic N) is 1. The largest absolute Gasteiger partial charge is 0.355 e. The van der Waals surface area contributed by atoms with Crippen LogP contribution in [0.15, 0.2) is 34.2 Å². The molecule has 0 unspecified atom stereocenters. The van der Waals surface area contributed by atoms with Gasteiger partial charge in [-0.3, -0.25) is 4.99 Å². The SMILES string of the molecule is CN=C(NCc1ccc(S(N)(=O)=O)cc1)NCC(C)(C)SC.I. The fraction of sp³-hybridized carbons (Fsp3) is 0.500. The Balaban J connectivity index is 0.00000484. The molecule has 1 aromatic rings. The minimum Gasteiger partial charge on any atom is -0.355 e. The first-order chi connectivity index (χ1) is 10.2. The molecule has 0 fully saturated rings. The van der Waals surface area contributed by atoms with Crippen molar-refractivity contribution in [3.63, 3.8) is 0 Å². The van der Waals surface area contributed by atoms with Gasteiger partial charge in [0.2, 0.25) is 10.0 Å². The molecule has 6 nitrogen and oxygen atoms in total. The molecule has 4 N–H and O–H groups in total. The lowest BCUT2D eigenvalue weighted by atomic mass is 10.2. The van der Waals surface area contributed by atoms with Crippen LogP contribution < -0.4 is 15.8 Å². The number of rotatable bonds is 6. The molecule has 0 aliphatic heterocycles. The van der Waals surface area contributed by atoms with Crippen LogP contribution in [0.2, 0.25) is 0 Å². The molecule has 0 atom stereocenters. The van der Waals surface area contributed by atoms with Gasteiger partial charge in [-0.25, -0.2) is 13.6 Å². The molecule has 0 radical (unpaired) electrons. The van der Waals surface area contributed by atoms with Crippen LogP contribution in [-0.2, 0) is 16.6 Å². The van der Waals surface area contributed by atoms with E-state index in [2.05, 4.69) is 35.7 Å². The molecule has 0 saturated carbocycles. The summed E-state index contributed by atoms with van der Waals surface area (Å²) in [5.74, 6) is 0.706. The van der Waals surface area contributed by atoms with Gasteiger partial charge in [-0.15, -0.1) is 24.0 Å². The van der Waals surface area contributed by atoms with E-state index in [1.165, 1.54) is 12.1 Å². The molecule has 132 valence electrons. The summed E-state index contributed by atoms with van der Waals surface area (Å²) in [5.41, 5.74) is 0.944. The molecule has 0 spiro atoms. The Hall–Kier alpha value is -0.520. The summed E-state index contributed by atoms with van der Waals surface area (Å²) >= 11 is 1.78. The predicted molar refractivity (Wildman–Crippen MR) is 109 cm³/mol. The van der Waals surface area contributed by atoms with Crippen molar-refractivity contribution in [1.82, 2.24) is 10.6 Å². The van der Waals surface area contributed by atoms with Gasteiger partial charge in [-0.05, 0) is 37.8 Å². The van der Waals surface area contributed by atoms with Crippen LogP contribution in [0.4, 0.5) is 0 Å². The number of aliphatic imine (C=N–C) groups is 1. The second-order valence-corrected chi connectivity index (χ2v) is 8.51. The first-order valence-corrected chi connectivity index (χ1v) is 9.56. The van der Waals surface area contributed by atoms with E-state index in [0.29, 0.717) is 12.5 Å². The highest BCUT2D eigenvalue weighted by molar-refractivity contribution is 14.0. The van der Waals surface area contributed by atoms with E-state index in [1.807, 2.05) is 0 Å². The van der Waals surface area contributed by atoms with Crippen molar-refractivity contribution in [1.29, 1.82) is 0 Å². The third kappa shape index (κ3) is 8.23. The summed E-state index contributed by atoms with van der Waals surface area (Å²) < 4.78 is 22.5. The summed E-state index contributed by atoms with van der Waals surface area (Å²) in [4.78, 5) is 4.28. The van der Waals surface area contributed by atoms with Gasteiger partial charge in [-0.2, -0.15) is 11.8 Å². The highest BCUT2D eigenvalue weighted by atomic mass is 127. The van der Waals surface area contributed by atoms with Crippen LogP contribution in [0.1, 0.15) is 19.4 Å². The molecule has 0 aliphatic rings. The average Bonchev–Trinajstić information content (AvgIpc) is 2.47. The van der Waals surface area contributed by atoms with E-state index in [1.54, 1.807) is 30.9 Å². The van der Waals surface area contributed by atoms with Crippen LogP contribution >= 0.6 is 35.7 Å². The van der Waals surface area contributed by atoms with Gasteiger partial charge in [0, 0.05) is 24.9 Å². The Labute approximate surface area is 160 Å². The fourth-order valence-corrected chi connectivity index (χ4v) is 2.30. The summed E-state index contributed by atoms with van der Waals surface area (Å²) in [6, 6.07) is 6.45. The summed E-state index contributed by atoms with van der Waals surface area (Å²) in [6.07, 6.45) is 2.07. The average molecular weight is 472 g/mol. The fourth-order valence-electron chi connectivity index (χ4n) is 1.57. The van der Waals surface area contributed by atoms with Gasteiger partial charge < -0.3 is 10.6 Å². The number of thioether (sulfide) groups is 1. The maximum absolute atomic E-state index is 11.2. The number of nitrogens with two attached hydrogens (primary N) is 1. The van der Waals surface area contributed by atoms with E-state index in [-0.39, 0.29) is 33.6 Å². The van der Waals surface area contributed by atoms with E-state index in [4.69, 9.17) is 5.14 Å². The predicted octanol–water partition coefficient (Wildman–Crippen LogP) is 1.76. The third-order valence-electron chi connectivity index (χ3n) is 3.17. The van der Waals surface area contributed by atoms with Gasteiger partial charge in [0.25, 0.3) is 0 Å². The second kappa shape index (κ2) is 9.70. The van der Waals surface area contributed by atoms with Crippen LogP contribution in [0.3, 0.4) is 0 Å². The first kappa shape index (κ1) is 22.5. The molecular weight excluding hydrogens is 447 g/mol. The van der Waals surface area contributed by atoms with E-state index >= 15 is 0 Å².